The minimum Gasteiger partial charge on any atom is -1.00 e. The average molecular weight is 298 g/mol. The summed E-state index contributed by atoms with van der Waals surface area (Å²) in [5, 5.41) is 0. The Bertz CT molecular complexity index is 401. The first-order valence-corrected chi connectivity index (χ1v) is 4.22. The number of nitrogens with zero attached hydrogens (tertiary/aromatic N) is 2. The molecule has 72 valence electrons. The Morgan fingerprint density at radius 2 is 1.79 bits per heavy atom. The zero-order valence-electron chi connectivity index (χ0n) is 7.89. The summed E-state index contributed by atoms with van der Waals surface area (Å²) in [5.41, 5.74) is 2.34. The second-order valence-corrected chi connectivity index (χ2v) is 3.01. The third-order valence-electron chi connectivity index (χ3n) is 1.91. The third kappa shape index (κ3) is 2.51. The summed E-state index contributed by atoms with van der Waals surface area (Å²) in [7, 11) is 1.97. The second kappa shape index (κ2) is 5.05. The van der Waals surface area contributed by atoms with Crippen LogP contribution in [0, 0.1) is 0 Å². The highest BCUT2D eigenvalue weighted by atomic mass is 127. The smallest absolute Gasteiger partial charge is 0.285 e. The van der Waals surface area contributed by atoms with Gasteiger partial charge in [0, 0.05) is 0 Å². The van der Waals surface area contributed by atoms with Gasteiger partial charge in [0.25, 0.3) is 6.33 Å². The number of aromatic nitrogens is 2. The molecule has 14 heavy (non-hydrogen) atoms. The normalized spacial score (nSPS) is 9.21. The van der Waals surface area contributed by atoms with Gasteiger partial charge in [-0.2, -0.15) is 0 Å². The first-order valence-electron chi connectivity index (χ1n) is 4.22. The van der Waals surface area contributed by atoms with Crippen LogP contribution in [0.2, 0.25) is 0 Å². The highest BCUT2D eigenvalue weighted by molar-refractivity contribution is 5.60. The van der Waals surface area contributed by atoms with Crippen LogP contribution < -0.4 is 28.5 Å². The van der Waals surface area contributed by atoms with E-state index in [-0.39, 0.29) is 24.0 Å². The van der Waals surface area contributed by atoms with Crippen LogP contribution in [-0.2, 0) is 7.05 Å². The lowest BCUT2D eigenvalue weighted by atomic mass is 10.1. The van der Waals surface area contributed by atoms with Gasteiger partial charge in [-0.15, -0.1) is 0 Å². The van der Waals surface area contributed by atoms with Crippen molar-refractivity contribution in [3.63, 3.8) is 0 Å². The van der Waals surface area contributed by atoms with Gasteiger partial charge in [-0.3, -0.25) is 0 Å². The van der Waals surface area contributed by atoms with Gasteiger partial charge in [-0.1, -0.05) is 35.3 Å². The fourth-order valence-electron chi connectivity index (χ4n) is 1.28. The fourth-order valence-corrected chi connectivity index (χ4v) is 1.28. The number of halogens is 1. The molecule has 1 aromatic heterocycles. The quantitative estimate of drug-likeness (QED) is 0.466. The number of aryl methyl sites for hydroxylation is 1. The predicted octanol–water partition coefficient (Wildman–Crippen LogP) is -1.42. The molecule has 1 aromatic carbocycles. The van der Waals surface area contributed by atoms with Crippen molar-refractivity contribution in [2.24, 2.45) is 7.05 Å². The van der Waals surface area contributed by atoms with Crippen LogP contribution in [0.4, 0.5) is 0 Å². The zero-order chi connectivity index (χ0) is 9.10. The Labute approximate surface area is 101 Å². The molecule has 0 saturated heterocycles. The standard InChI is InChI=1S/C11H11N2.HI/c1-13-8-11(7-12-9-13)10-5-3-2-4-6-10;/h2-9H,1H3;1H/q+1;/p-1. The van der Waals surface area contributed by atoms with E-state index in [1.165, 1.54) is 5.56 Å². The van der Waals surface area contributed by atoms with Crippen LogP contribution >= 0.6 is 0 Å². The SMILES string of the molecule is C[n+]1cncc(-c2ccccc2)c1.[I-]. The molecule has 0 N–H and O–H groups in total. The summed E-state index contributed by atoms with van der Waals surface area (Å²) in [6, 6.07) is 10.2. The van der Waals surface area contributed by atoms with E-state index in [9.17, 15) is 0 Å². The van der Waals surface area contributed by atoms with Crippen LogP contribution in [0.25, 0.3) is 11.1 Å². The van der Waals surface area contributed by atoms with Crippen molar-refractivity contribution in [1.82, 2.24) is 4.98 Å². The molecule has 0 aliphatic heterocycles. The van der Waals surface area contributed by atoms with E-state index in [1.54, 1.807) is 6.33 Å². The minimum absolute atomic E-state index is 0. The van der Waals surface area contributed by atoms with Gasteiger partial charge in [0.05, 0.1) is 12.6 Å². The van der Waals surface area contributed by atoms with E-state index in [1.807, 2.05) is 36.0 Å². The van der Waals surface area contributed by atoms with Crippen LogP contribution in [0.3, 0.4) is 0 Å². The molecule has 0 bridgehead atoms. The summed E-state index contributed by atoms with van der Waals surface area (Å²) in [6.45, 7) is 0. The molecule has 2 nitrogen and oxygen atoms in total. The molecule has 0 amide bonds. The second-order valence-electron chi connectivity index (χ2n) is 3.01. The lowest BCUT2D eigenvalue weighted by Crippen LogP contribution is -3.00. The van der Waals surface area contributed by atoms with Gasteiger partial charge < -0.3 is 24.0 Å². The lowest BCUT2D eigenvalue weighted by Gasteiger charge is -1.96. The molecule has 0 aliphatic carbocycles. The molecule has 0 fully saturated rings. The Morgan fingerprint density at radius 1 is 1.07 bits per heavy atom. The zero-order valence-corrected chi connectivity index (χ0v) is 10.0. The van der Waals surface area contributed by atoms with Crippen molar-refractivity contribution in [1.29, 1.82) is 0 Å². The van der Waals surface area contributed by atoms with E-state index in [0.29, 0.717) is 0 Å². The third-order valence-corrected chi connectivity index (χ3v) is 1.91. The van der Waals surface area contributed by atoms with Gasteiger partial charge in [-0.25, -0.2) is 4.57 Å². The monoisotopic (exact) mass is 298 g/mol. The predicted molar refractivity (Wildman–Crippen MR) is 50.8 cm³/mol. The Hall–Kier alpha value is -0.970. The van der Waals surface area contributed by atoms with E-state index in [2.05, 4.69) is 23.3 Å². The van der Waals surface area contributed by atoms with Crippen molar-refractivity contribution in [2.75, 3.05) is 0 Å². The summed E-state index contributed by atoms with van der Waals surface area (Å²) >= 11 is 0. The number of rotatable bonds is 1. The summed E-state index contributed by atoms with van der Waals surface area (Å²) < 4.78 is 1.95. The number of hydrogen-bond acceptors (Lipinski definition) is 1. The Balaban J connectivity index is 0.000000980. The van der Waals surface area contributed by atoms with Crippen molar-refractivity contribution in [3.05, 3.63) is 49.1 Å². The van der Waals surface area contributed by atoms with Crippen LogP contribution in [0.15, 0.2) is 49.1 Å². The molecule has 0 aliphatic rings. The maximum atomic E-state index is 4.12. The fraction of sp³-hybridized carbons (Fsp3) is 0.0909. The molecule has 1 heterocycles. The van der Waals surface area contributed by atoms with Crippen molar-refractivity contribution >= 4 is 0 Å². The lowest BCUT2D eigenvalue weighted by molar-refractivity contribution is -0.674. The Morgan fingerprint density at radius 3 is 2.43 bits per heavy atom. The Kier molecular flexibility index (Phi) is 4.00. The first-order chi connectivity index (χ1) is 6.36. The summed E-state index contributed by atoms with van der Waals surface area (Å²) in [5.74, 6) is 0. The highest BCUT2D eigenvalue weighted by Crippen LogP contribution is 2.14. The molecular formula is C11H11IN2. The topological polar surface area (TPSA) is 16.8 Å². The number of benzene rings is 1. The molecule has 0 atom stereocenters. The van der Waals surface area contributed by atoms with Crippen LogP contribution in [-0.4, -0.2) is 4.98 Å². The van der Waals surface area contributed by atoms with E-state index < -0.39 is 0 Å². The maximum absolute atomic E-state index is 4.12. The summed E-state index contributed by atoms with van der Waals surface area (Å²) in [6.07, 6.45) is 5.71. The maximum Gasteiger partial charge on any atom is 0.285 e. The van der Waals surface area contributed by atoms with E-state index in [4.69, 9.17) is 0 Å². The number of hydrogen-bond donors (Lipinski definition) is 0. The van der Waals surface area contributed by atoms with Crippen molar-refractivity contribution in [3.8, 4) is 11.1 Å². The minimum atomic E-state index is 0. The molecular weight excluding hydrogens is 287 g/mol. The summed E-state index contributed by atoms with van der Waals surface area (Å²) in [4.78, 5) is 4.12. The van der Waals surface area contributed by atoms with Gasteiger partial charge in [0.1, 0.15) is 6.20 Å². The molecule has 0 unspecified atom stereocenters. The highest BCUT2D eigenvalue weighted by Gasteiger charge is 2.00. The average Bonchev–Trinajstić information content (AvgIpc) is 2.19. The van der Waals surface area contributed by atoms with E-state index >= 15 is 0 Å². The molecule has 3 heteroatoms. The van der Waals surface area contributed by atoms with Gasteiger partial charge in [-0.05, 0) is 5.56 Å². The van der Waals surface area contributed by atoms with Gasteiger partial charge >= 0.3 is 0 Å². The molecule has 0 radical (unpaired) electrons. The van der Waals surface area contributed by atoms with Crippen LogP contribution in [0.1, 0.15) is 0 Å². The van der Waals surface area contributed by atoms with Crippen molar-refractivity contribution in [2.45, 2.75) is 0 Å². The molecule has 2 aromatic rings. The molecule has 0 spiro atoms. The molecule has 2 rings (SSSR count). The molecule has 0 saturated carbocycles. The van der Waals surface area contributed by atoms with Crippen molar-refractivity contribution < 1.29 is 28.5 Å². The van der Waals surface area contributed by atoms with Gasteiger partial charge in [0.15, 0.2) is 6.20 Å². The van der Waals surface area contributed by atoms with E-state index in [0.717, 1.165) is 5.56 Å². The van der Waals surface area contributed by atoms with Gasteiger partial charge in [0.2, 0.25) is 0 Å². The van der Waals surface area contributed by atoms with Crippen LogP contribution in [0.5, 0.6) is 0 Å². The first kappa shape index (κ1) is 11.1. The largest absolute Gasteiger partial charge is 1.00 e.